The van der Waals surface area contributed by atoms with Gasteiger partial charge in [-0.25, -0.2) is 0 Å². The molecule has 0 radical (unpaired) electrons. The van der Waals surface area contributed by atoms with Gasteiger partial charge in [0.15, 0.2) is 0 Å². The minimum atomic E-state index is -0.166. The molecule has 1 heterocycles. The molecule has 0 amide bonds. The molecule has 0 bridgehead atoms. The number of anilines is 1. The first-order valence-electron chi connectivity index (χ1n) is 7.04. The van der Waals surface area contributed by atoms with E-state index in [1.54, 1.807) is 0 Å². The van der Waals surface area contributed by atoms with Crippen molar-refractivity contribution in [1.29, 1.82) is 0 Å². The van der Waals surface area contributed by atoms with Crippen molar-refractivity contribution in [3.05, 3.63) is 29.3 Å². The number of aliphatic hydroxyl groups is 1. The van der Waals surface area contributed by atoms with Gasteiger partial charge in [-0.1, -0.05) is 25.1 Å². The Bertz CT molecular complexity index is 379. The lowest BCUT2D eigenvalue weighted by molar-refractivity contribution is 0.159. The SMILES string of the molecule is CCC(O)CCNCc1cccc2c1NCCC2. The first-order valence-corrected chi connectivity index (χ1v) is 7.04. The Hall–Kier alpha value is -1.06. The maximum Gasteiger partial charge on any atom is 0.0549 e. The summed E-state index contributed by atoms with van der Waals surface area (Å²) in [6.45, 7) is 4.85. The third kappa shape index (κ3) is 3.47. The lowest BCUT2D eigenvalue weighted by Crippen LogP contribution is -2.21. The maximum atomic E-state index is 9.49. The van der Waals surface area contributed by atoms with Crippen LogP contribution in [0.2, 0.25) is 0 Å². The number of rotatable bonds is 6. The van der Waals surface area contributed by atoms with Crippen molar-refractivity contribution in [3.63, 3.8) is 0 Å². The summed E-state index contributed by atoms with van der Waals surface area (Å²) in [5, 5.41) is 16.4. The van der Waals surface area contributed by atoms with Gasteiger partial charge in [0.25, 0.3) is 0 Å². The molecule has 0 saturated carbocycles. The van der Waals surface area contributed by atoms with Gasteiger partial charge >= 0.3 is 0 Å². The average Bonchev–Trinajstić information content (AvgIpc) is 2.43. The Labute approximate surface area is 110 Å². The summed E-state index contributed by atoms with van der Waals surface area (Å²) in [6, 6.07) is 6.54. The van der Waals surface area contributed by atoms with E-state index in [1.165, 1.54) is 29.7 Å². The first-order chi connectivity index (χ1) is 8.81. The van der Waals surface area contributed by atoms with Gasteiger partial charge in [-0.15, -0.1) is 0 Å². The largest absolute Gasteiger partial charge is 0.393 e. The maximum absolute atomic E-state index is 9.49. The van der Waals surface area contributed by atoms with Crippen molar-refractivity contribution in [2.24, 2.45) is 0 Å². The summed E-state index contributed by atoms with van der Waals surface area (Å²) >= 11 is 0. The Morgan fingerprint density at radius 3 is 3.17 bits per heavy atom. The summed E-state index contributed by atoms with van der Waals surface area (Å²) in [5.41, 5.74) is 4.11. The molecule has 3 heteroatoms. The van der Waals surface area contributed by atoms with Gasteiger partial charge in [0.05, 0.1) is 6.10 Å². The Kier molecular flexibility index (Phi) is 5.02. The average molecular weight is 248 g/mol. The standard InChI is InChI=1S/C15H24N2O/c1-2-14(18)8-10-16-11-13-6-3-5-12-7-4-9-17-15(12)13/h3,5-6,14,16-18H,2,4,7-11H2,1H3. The van der Waals surface area contributed by atoms with Crippen LogP contribution in [0.3, 0.4) is 0 Å². The van der Waals surface area contributed by atoms with Crippen LogP contribution in [-0.2, 0) is 13.0 Å². The minimum Gasteiger partial charge on any atom is -0.393 e. The molecule has 1 atom stereocenters. The van der Waals surface area contributed by atoms with E-state index in [0.29, 0.717) is 0 Å². The normalized spacial score (nSPS) is 15.9. The number of hydrogen-bond acceptors (Lipinski definition) is 3. The van der Waals surface area contributed by atoms with Crippen LogP contribution in [0.1, 0.15) is 37.3 Å². The van der Waals surface area contributed by atoms with E-state index in [0.717, 1.165) is 32.5 Å². The van der Waals surface area contributed by atoms with E-state index >= 15 is 0 Å². The lowest BCUT2D eigenvalue weighted by Gasteiger charge is -2.21. The molecule has 0 spiro atoms. The van der Waals surface area contributed by atoms with Crippen molar-refractivity contribution in [2.75, 3.05) is 18.4 Å². The van der Waals surface area contributed by atoms with E-state index < -0.39 is 0 Å². The van der Waals surface area contributed by atoms with Crippen LogP contribution in [0.25, 0.3) is 0 Å². The van der Waals surface area contributed by atoms with E-state index in [9.17, 15) is 5.11 Å². The number of fused-ring (bicyclic) bond motifs is 1. The summed E-state index contributed by atoms with van der Waals surface area (Å²) in [4.78, 5) is 0. The zero-order chi connectivity index (χ0) is 12.8. The molecule has 0 fully saturated rings. The smallest absolute Gasteiger partial charge is 0.0549 e. The molecule has 0 saturated heterocycles. The fourth-order valence-electron chi connectivity index (χ4n) is 2.42. The molecule has 1 aliphatic rings. The van der Waals surface area contributed by atoms with Gasteiger partial charge in [-0.3, -0.25) is 0 Å². The highest BCUT2D eigenvalue weighted by Crippen LogP contribution is 2.25. The topological polar surface area (TPSA) is 44.3 Å². The van der Waals surface area contributed by atoms with Crippen molar-refractivity contribution in [3.8, 4) is 0 Å². The van der Waals surface area contributed by atoms with Crippen LogP contribution < -0.4 is 10.6 Å². The fourth-order valence-corrected chi connectivity index (χ4v) is 2.42. The number of benzene rings is 1. The molecule has 1 aliphatic heterocycles. The highest BCUT2D eigenvalue weighted by molar-refractivity contribution is 5.59. The molecule has 1 aromatic carbocycles. The van der Waals surface area contributed by atoms with Gasteiger partial charge in [0, 0.05) is 18.8 Å². The molecular formula is C15H24N2O. The Morgan fingerprint density at radius 1 is 1.44 bits per heavy atom. The van der Waals surface area contributed by atoms with Crippen LogP contribution in [-0.4, -0.2) is 24.3 Å². The number of para-hydroxylation sites is 1. The second-order valence-corrected chi connectivity index (χ2v) is 5.01. The number of hydrogen-bond donors (Lipinski definition) is 3. The number of aliphatic hydroxyl groups excluding tert-OH is 1. The highest BCUT2D eigenvalue weighted by atomic mass is 16.3. The molecule has 3 nitrogen and oxygen atoms in total. The van der Waals surface area contributed by atoms with E-state index in [2.05, 4.69) is 28.8 Å². The van der Waals surface area contributed by atoms with Crippen molar-refractivity contribution in [1.82, 2.24) is 5.32 Å². The van der Waals surface area contributed by atoms with Crippen molar-refractivity contribution >= 4 is 5.69 Å². The predicted molar refractivity (Wildman–Crippen MR) is 75.9 cm³/mol. The molecule has 1 unspecified atom stereocenters. The van der Waals surface area contributed by atoms with Crippen LogP contribution in [0, 0.1) is 0 Å². The summed E-state index contributed by atoms with van der Waals surface area (Å²) in [7, 11) is 0. The highest BCUT2D eigenvalue weighted by Gasteiger charge is 2.11. The van der Waals surface area contributed by atoms with Gasteiger partial charge in [-0.05, 0) is 43.4 Å². The molecule has 0 aliphatic carbocycles. The zero-order valence-electron chi connectivity index (χ0n) is 11.2. The quantitative estimate of drug-likeness (QED) is 0.677. The van der Waals surface area contributed by atoms with Crippen molar-refractivity contribution in [2.45, 2.75) is 45.3 Å². The molecule has 1 aromatic rings. The van der Waals surface area contributed by atoms with E-state index in [4.69, 9.17) is 0 Å². The van der Waals surface area contributed by atoms with Gasteiger partial charge in [-0.2, -0.15) is 0 Å². The summed E-state index contributed by atoms with van der Waals surface area (Å²) < 4.78 is 0. The second-order valence-electron chi connectivity index (χ2n) is 5.01. The van der Waals surface area contributed by atoms with E-state index in [-0.39, 0.29) is 6.10 Å². The summed E-state index contributed by atoms with van der Waals surface area (Å²) in [5.74, 6) is 0. The predicted octanol–water partition coefficient (Wildman–Crippen LogP) is 2.30. The monoisotopic (exact) mass is 248 g/mol. The Morgan fingerprint density at radius 2 is 2.33 bits per heavy atom. The molecule has 3 N–H and O–H groups in total. The Balaban J connectivity index is 1.86. The van der Waals surface area contributed by atoms with Gasteiger partial charge in [0.1, 0.15) is 0 Å². The number of aryl methyl sites for hydroxylation is 1. The second kappa shape index (κ2) is 6.76. The van der Waals surface area contributed by atoms with Crippen LogP contribution in [0.15, 0.2) is 18.2 Å². The van der Waals surface area contributed by atoms with E-state index in [1.807, 2.05) is 6.92 Å². The third-order valence-corrected chi connectivity index (χ3v) is 3.60. The fraction of sp³-hybridized carbons (Fsp3) is 0.600. The molecule has 0 aromatic heterocycles. The van der Waals surface area contributed by atoms with Crippen LogP contribution >= 0.6 is 0 Å². The van der Waals surface area contributed by atoms with Gasteiger partial charge < -0.3 is 15.7 Å². The zero-order valence-corrected chi connectivity index (χ0v) is 11.2. The van der Waals surface area contributed by atoms with Crippen LogP contribution in [0.4, 0.5) is 5.69 Å². The minimum absolute atomic E-state index is 0.166. The first kappa shape index (κ1) is 13.4. The molecule has 18 heavy (non-hydrogen) atoms. The third-order valence-electron chi connectivity index (χ3n) is 3.60. The molecule has 100 valence electrons. The van der Waals surface area contributed by atoms with Gasteiger partial charge in [0.2, 0.25) is 0 Å². The molecule has 2 rings (SSSR count). The summed E-state index contributed by atoms with van der Waals surface area (Å²) in [6.07, 6.45) is 3.92. The van der Waals surface area contributed by atoms with Crippen LogP contribution in [0.5, 0.6) is 0 Å². The lowest BCUT2D eigenvalue weighted by atomic mass is 9.99. The van der Waals surface area contributed by atoms with Crippen molar-refractivity contribution < 1.29 is 5.11 Å². The number of nitrogens with one attached hydrogen (secondary N) is 2. The molecular weight excluding hydrogens is 224 g/mol.